The number of hydrogen-bond acceptors (Lipinski definition) is 4. The van der Waals surface area contributed by atoms with Crippen LogP contribution in [0.1, 0.15) is 25.7 Å². The van der Waals surface area contributed by atoms with Crippen LogP contribution in [0.2, 0.25) is 0 Å². The van der Waals surface area contributed by atoms with Gasteiger partial charge in [-0.25, -0.2) is 17.5 Å². The van der Waals surface area contributed by atoms with E-state index in [4.69, 9.17) is 0 Å². The summed E-state index contributed by atoms with van der Waals surface area (Å²) in [5.74, 6) is 0.0220. The first kappa shape index (κ1) is 22.1. The van der Waals surface area contributed by atoms with Crippen LogP contribution in [0.4, 0.5) is 10.5 Å². The number of sulfonamides is 1. The zero-order valence-electron chi connectivity index (χ0n) is 18.5. The lowest BCUT2D eigenvalue weighted by molar-refractivity contribution is -0.141. The van der Waals surface area contributed by atoms with Gasteiger partial charge in [-0.2, -0.15) is 0 Å². The summed E-state index contributed by atoms with van der Waals surface area (Å²) in [6, 6.07) is 9.28. The third-order valence-corrected chi connectivity index (χ3v) is 8.91. The molecule has 31 heavy (non-hydrogen) atoms. The Morgan fingerprint density at radius 2 is 1.71 bits per heavy atom. The second kappa shape index (κ2) is 7.78. The first-order valence-corrected chi connectivity index (χ1v) is 12.7. The molecule has 0 radical (unpaired) electrons. The molecular weight excluding hydrogens is 416 g/mol. The molecule has 0 unspecified atom stereocenters. The molecule has 0 bridgehead atoms. The molecule has 2 atom stereocenters. The van der Waals surface area contributed by atoms with Gasteiger partial charge in [0.1, 0.15) is 0 Å². The number of fused-ring (bicyclic) bond motifs is 2. The van der Waals surface area contributed by atoms with Crippen LogP contribution >= 0.6 is 0 Å². The van der Waals surface area contributed by atoms with E-state index in [2.05, 4.69) is 5.32 Å². The highest BCUT2D eigenvalue weighted by Gasteiger charge is 2.65. The van der Waals surface area contributed by atoms with Gasteiger partial charge in [0.05, 0.1) is 11.7 Å². The van der Waals surface area contributed by atoms with E-state index in [1.54, 1.807) is 19.0 Å². The average molecular weight is 449 g/mol. The summed E-state index contributed by atoms with van der Waals surface area (Å²) in [5, 5.41) is 2.94. The number of urea groups is 1. The maximum Gasteiger partial charge on any atom is 0.321 e. The topological polar surface area (TPSA) is 90.0 Å². The van der Waals surface area contributed by atoms with Crippen molar-refractivity contribution in [3.05, 3.63) is 30.3 Å². The molecule has 3 amide bonds. The molecule has 1 spiro atoms. The van der Waals surface area contributed by atoms with Crippen molar-refractivity contribution in [3.63, 3.8) is 0 Å². The molecule has 1 aliphatic carbocycles. The second-order valence-electron chi connectivity index (χ2n) is 9.61. The molecule has 170 valence electrons. The third kappa shape index (κ3) is 3.82. The van der Waals surface area contributed by atoms with E-state index >= 15 is 0 Å². The van der Waals surface area contributed by atoms with E-state index in [-0.39, 0.29) is 29.8 Å². The molecule has 2 saturated heterocycles. The Morgan fingerprint density at radius 1 is 1.06 bits per heavy atom. The van der Waals surface area contributed by atoms with E-state index in [0.717, 1.165) is 24.9 Å². The largest absolute Gasteiger partial charge is 0.348 e. The van der Waals surface area contributed by atoms with Crippen LogP contribution < -0.4 is 5.32 Å². The summed E-state index contributed by atoms with van der Waals surface area (Å²) >= 11 is 0. The van der Waals surface area contributed by atoms with Crippen LogP contribution in [0.25, 0.3) is 0 Å². The van der Waals surface area contributed by atoms with Gasteiger partial charge in [-0.05, 0) is 49.1 Å². The molecule has 3 fully saturated rings. The van der Waals surface area contributed by atoms with Gasteiger partial charge in [0.15, 0.2) is 0 Å². The molecule has 1 saturated carbocycles. The highest BCUT2D eigenvalue weighted by Crippen LogP contribution is 2.62. The van der Waals surface area contributed by atoms with Crippen LogP contribution in [0.15, 0.2) is 30.3 Å². The summed E-state index contributed by atoms with van der Waals surface area (Å²) < 4.78 is 26.1. The Bertz CT molecular complexity index is 957. The van der Waals surface area contributed by atoms with E-state index in [1.807, 2.05) is 35.2 Å². The smallest absolute Gasteiger partial charge is 0.321 e. The Kier molecular flexibility index (Phi) is 5.54. The number of piperidine rings is 1. The van der Waals surface area contributed by atoms with Crippen LogP contribution in [-0.2, 0) is 14.8 Å². The van der Waals surface area contributed by atoms with Crippen molar-refractivity contribution in [3.8, 4) is 0 Å². The number of carbonyl (C=O) groups excluding carboxylic acids is 2. The maximum atomic E-state index is 13.3. The second-order valence-corrected chi connectivity index (χ2v) is 11.6. The SMILES string of the molecule is CN(C)C(=O)[C@@]12CCC3(CCN(C(=O)Nc4ccccc4)CC3)[C@@H]1CN(S(C)(=O)=O)C2. The Balaban J connectivity index is 1.51. The number of amides is 3. The number of benzene rings is 1. The number of rotatable bonds is 3. The molecule has 9 heteroatoms. The number of nitrogens with one attached hydrogen (secondary N) is 1. The molecule has 1 N–H and O–H groups in total. The fraction of sp³-hybridized carbons (Fsp3) is 0.636. The first-order chi connectivity index (χ1) is 14.6. The zero-order valence-corrected chi connectivity index (χ0v) is 19.3. The summed E-state index contributed by atoms with van der Waals surface area (Å²) in [4.78, 5) is 29.4. The molecule has 1 aromatic carbocycles. The van der Waals surface area contributed by atoms with Gasteiger partial charge < -0.3 is 15.1 Å². The van der Waals surface area contributed by atoms with Gasteiger partial charge in [-0.3, -0.25) is 4.79 Å². The van der Waals surface area contributed by atoms with E-state index in [1.165, 1.54) is 10.6 Å². The number of anilines is 1. The minimum Gasteiger partial charge on any atom is -0.348 e. The minimum absolute atomic E-state index is 0.0102. The van der Waals surface area contributed by atoms with Crippen LogP contribution in [0.5, 0.6) is 0 Å². The summed E-state index contributed by atoms with van der Waals surface area (Å²) in [7, 11) is 0.130. The molecule has 4 rings (SSSR count). The van der Waals surface area contributed by atoms with Crippen LogP contribution in [-0.4, -0.2) is 81.0 Å². The van der Waals surface area contributed by atoms with Crippen molar-refractivity contribution < 1.29 is 18.0 Å². The van der Waals surface area contributed by atoms with E-state index in [9.17, 15) is 18.0 Å². The van der Waals surface area contributed by atoms with E-state index < -0.39 is 15.4 Å². The van der Waals surface area contributed by atoms with Crippen molar-refractivity contribution in [1.29, 1.82) is 0 Å². The lowest BCUT2D eigenvalue weighted by atomic mass is 9.65. The lowest BCUT2D eigenvalue weighted by Crippen LogP contribution is -2.50. The summed E-state index contributed by atoms with van der Waals surface area (Å²) in [6.07, 6.45) is 4.42. The maximum absolute atomic E-state index is 13.3. The number of hydrogen-bond donors (Lipinski definition) is 1. The van der Waals surface area contributed by atoms with Gasteiger partial charge in [0.2, 0.25) is 15.9 Å². The van der Waals surface area contributed by atoms with Crippen molar-refractivity contribution >= 4 is 27.6 Å². The molecule has 2 heterocycles. The van der Waals surface area contributed by atoms with Gasteiger partial charge in [0, 0.05) is 46.0 Å². The minimum atomic E-state index is -3.37. The Hall–Kier alpha value is -2.13. The highest BCUT2D eigenvalue weighted by molar-refractivity contribution is 7.88. The van der Waals surface area contributed by atoms with Gasteiger partial charge in [-0.1, -0.05) is 18.2 Å². The third-order valence-electron chi connectivity index (χ3n) is 7.69. The molecule has 1 aromatic rings. The number of nitrogens with zero attached hydrogens (tertiary/aromatic N) is 3. The summed E-state index contributed by atoms with van der Waals surface area (Å²) in [5.41, 5.74) is 0.0132. The molecule has 2 aliphatic heterocycles. The Morgan fingerprint density at radius 3 is 2.29 bits per heavy atom. The first-order valence-electron chi connectivity index (χ1n) is 10.9. The van der Waals surface area contributed by atoms with Crippen molar-refractivity contribution in [2.24, 2.45) is 16.7 Å². The molecular formula is C22H32N4O4S. The average Bonchev–Trinajstić information content (AvgIpc) is 3.26. The quantitative estimate of drug-likeness (QED) is 0.766. The van der Waals surface area contributed by atoms with Crippen molar-refractivity contribution in [2.45, 2.75) is 25.7 Å². The van der Waals surface area contributed by atoms with Crippen molar-refractivity contribution in [2.75, 3.05) is 51.8 Å². The normalized spacial score (nSPS) is 27.8. The highest BCUT2D eigenvalue weighted by atomic mass is 32.2. The number of para-hydroxylation sites is 1. The predicted molar refractivity (Wildman–Crippen MR) is 119 cm³/mol. The summed E-state index contributed by atoms with van der Waals surface area (Å²) in [6.45, 7) is 1.89. The number of carbonyl (C=O) groups is 2. The van der Waals surface area contributed by atoms with Gasteiger partial charge in [0.25, 0.3) is 0 Å². The van der Waals surface area contributed by atoms with Crippen LogP contribution in [0, 0.1) is 16.7 Å². The molecule has 0 aromatic heterocycles. The fourth-order valence-electron chi connectivity index (χ4n) is 6.05. The molecule has 3 aliphatic rings. The standard InChI is InChI=1S/C22H32N4O4S/c1-24(2)19(27)22-10-9-21(18(22)15-26(16-22)31(3,29)30)11-13-25(14-12-21)20(28)23-17-7-5-4-6-8-17/h4-8,18H,9-16H2,1-3H3,(H,23,28)/t18-,22+/m0/s1. The van der Waals surface area contributed by atoms with Gasteiger partial charge in [-0.15, -0.1) is 0 Å². The van der Waals surface area contributed by atoms with E-state index in [0.29, 0.717) is 26.1 Å². The lowest BCUT2D eigenvalue weighted by Gasteiger charge is -2.44. The zero-order chi connectivity index (χ0) is 22.4. The van der Waals surface area contributed by atoms with Gasteiger partial charge >= 0.3 is 6.03 Å². The van der Waals surface area contributed by atoms with Crippen molar-refractivity contribution in [1.82, 2.24) is 14.1 Å². The predicted octanol–water partition coefficient (Wildman–Crippen LogP) is 2.06. The Labute approximate surface area is 184 Å². The molecule has 8 nitrogen and oxygen atoms in total. The van der Waals surface area contributed by atoms with Crippen LogP contribution in [0.3, 0.4) is 0 Å². The number of likely N-dealkylation sites (tertiary alicyclic amines) is 1. The fourth-order valence-corrected chi connectivity index (χ4v) is 6.93. The monoisotopic (exact) mass is 448 g/mol.